The van der Waals surface area contributed by atoms with E-state index in [0.717, 1.165) is 13.1 Å². The third kappa shape index (κ3) is 5.43. The number of methoxy groups -OCH3 is 1. The van der Waals surface area contributed by atoms with Crippen molar-refractivity contribution in [1.82, 2.24) is 15.1 Å². The normalized spacial score (nSPS) is 18.0. The number of morpholine rings is 1. The van der Waals surface area contributed by atoms with Crippen LogP contribution < -0.4 is 5.32 Å². The van der Waals surface area contributed by atoms with Crippen LogP contribution in [0.1, 0.15) is 11.7 Å². The van der Waals surface area contributed by atoms with Crippen molar-refractivity contribution in [1.29, 1.82) is 0 Å². The molecule has 134 valence electrons. The van der Waals surface area contributed by atoms with Crippen LogP contribution in [0, 0.1) is 5.82 Å². The van der Waals surface area contributed by atoms with Crippen molar-refractivity contribution >= 4 is 6.03 Å². The molecule has 1 aliphatic rings. The number of benzene rings is 1. The Labute approximate surface area is 142 Å². The Bertz CT molecular complexity index is 530. The SMILES string of the molecule is COCCN(C)CCNC(=O)N1CCO[C@@H](c2ccccc2F)C1. The molecule has 24 heavy (non-hydrogen) atoms. The molecule has 2 rings (SSSR count). The molecule has 2 amide bonds. The monoisotopic (exact) mass is 339 g/mol. The standard InChI is InChI=1S/C17H26FN3O3/c1-20(9-11-23-2)8-7-19-17(22)21-10-12-24-16(13-21)14-5-3-4-6-15(14)18/h3-6,16H,7-13H2,1-2H3,(H,19,22)/t16-/m1/s1. The first kappa shape index (κ1) is 18.6. The minimum atomic E-state index is -0.421. The fourth-order valence-corrected chi connectivity index (χ4v) is 2.58. The predicted octanol–water partition coefficient (Wildman–Crippen LogP) is 1.49. The second-order valence-corrected chi connectivity index (χ2v) is 5.85. The average molecular weight is 339 g/mol. The van der Waals surface area contributed by atoms with Crippen LogP contribution in [-0.2, 0) is 9.47 Å². The molecule has 7 heteroatoms. The molecule has 0 aliphatic carbocycles. The van der Waals surface area contributed by atoms with E-state index in [1.54, 1.807) is 30.2 Å². The van der Waals surface area contributed by atoms with Gasteiger partial charge in [-0.2, -0.15) is 0 Å². The summed E-state index contributed by atoms with van der Waals surface area (Å²) in [6.45, 7) is 4.05. The fraction of sp³-hybridized carbons (Fsp3) is 0.588. The van der Waals surface area contributed by atoms with E-state index in [0.29, 0.717) is 38.4 Å². The van der Waals surface area contributed by atoms with Crippen molar-refractivity contribution in [3.8, 4) is 0 Å². The highest BCUT2D eigenvalue weighted by atomic mass is 19.1. The lowest BCUT2D eigenvalue weighted by molar-refractivity contribution is -0.0171. The van der Waals surface area contributed by atoms with Crippen molar-refractivity contribution in [2.24, 2.45) is 0 Å². The molecule has 1 fully saturated rings. The second kappa shape index (κ2) is 9.56. The highest BCUT2D eigenvalue weighted by Gasteiger charge is 2.26. The van der Waals surface area contributed by atoms with Crippen molar-refractivity contribution in [3.63, 3.8) is 0 Å². The molecule has 1 atom stereocenters. The minimum Gasteiger partial charge on any atom is -0.383 e. The van der Waals surface area contributed by atoms with Gasteiger partial charge in [-0.3, -0.25) is 0 Å². The number of ether oxygens (including phenoxy) is 2. The Morgan fingerprint density at radius 2 is 2.25 bits per heavy atom. The van der Waals surface area contributed by atoms with Crippen LogP contribution in [0.3, 0.4) is 0 Å². The molecule has 0 radical (unpaired) electrons. The Morgan fingerprint density at radius 3 is 3.00 bits per heavy atom. The van der Waals surface area contributed by atoms with Gasteiger partial charge in [0.25, 0.3) is 0 Å². The van der Waals surface area contributed by atoms with Crippen LogP contribution in [-0.4, -0.2) is 75.9 Å². The van der Waals surface area contributed by atoms with Gasteiger partial charge in [0.15, 0.2) is 0 Å². The molecule has 0 unspecified atom stereocenters. The average Bonchev–Trinajstić information content (AvgIpc) is 2.60. The number of urea groups is 1. The lowest BCUT2D eigenvalue weighted by Gasteiger charge is -2.33. The maximum atomic E-state index is 13.9. The molecule has 1 N–H and O–H groups in total. The summed E-state index contributed by atoms with van der Waals surface area (Å²) in [5.41, 5.74) is 0.495. The second-order valence-electron chi connectivity index (χ2n) is 5.85. The maximum absolute atomic E-state index is 13.9. The number of carbonyl (C=O) groups excluding carboxylic acids is 1. The molecular formula is C17H26FN3O3. The third-order valence-corrected chi connectivity index (χ3v) is 4.05. The Kier molecular flexibility index (Phi) is 7.42. The molecule has 0 spiro atoms. The Balaban J connectivity index is 1.79. The van der Waals surface area contributed by atoms with Crippen molar-refractivity contribution in [2.45, 2.75) is 6.10 Å². The van der Waals surface area contributed by atoms with Gasteiger partial charge >= 0.3 is 6.03 Å². The summed E-state index contributed by atoms with van der Waals surface area (Å²) >= 11 is 0. The van der Waals surface area contributed by atoms with Gasteiger partial charge in [-0.1, -0.05) is 18.2 Å². The van der Waals surface area contributed by atoms with Crippen LogP contribution in [0.4, 0.5) is 9.18 Å². The predicted molar refractivity (Wildman–Crippen MR) is 89.4 cm³/mol. The highest BCUT2D eigenvalue weighted by Crippen LogP contribution is 2.24. The smallest absolute Gasteiger partial charge is 0.317 e. The fourth-order valence-electron chi connectivity index (χ4n) is 2.58. The van der Waals surface area contributed by atoms with Gasteiger partial charge in [0.2, 0.25) is 0 Å². The number of rotatable bonds is 7. The summed E-state index contributed by atoms with van der Waals surface area (Å²) < 4.78 is 24.5. The molecule has 0 saturated carbocycles. The minimum absolute atomic E-state index is 0.139. The van der Waals surface area contributed by atoms with Crippen molar-refractivity contribution in [3.05, 3.63) is 35.6 Å². The van der Waals surface area contributed by atoms with Crippen LogP contribution in [0.2, 0.25) is 0 Å². The lowest BCUT2D eigenvalue weighted by atomic mass is 10.1. The summed E-state index contributed by atoms with van der Waals surface area (Å²) in [6.07, 6.45) is -0.421. The zero-order chi connectivity index (χ0) is 17.4. The molecule has 0 aromatic heterocycles. The number of nitrogens with zero attached hydrogens (tertiary/aromatic N) is 2. The molecule has 1 aliphatic heterocycles. The molecule has 1 heterocycles. The Morgan fingerprint density at radius 1 is 1.46 bits per heavy atom. The van der Waals surface area contributed by atoms with Gasteiger partial charge in [0.05, 0.1) is 19.8 Å². The molecule has 6 nitrogen and oxygen atoms in total. The van der Waals surface area contributed by atoms with E-state index < -0.39 is 6.10 Å². The molecule has 1 saturated heterocycles. The van der Waals surface area contributed by atoms with Crippen molar-refractivity contribution in [2.75, 3.05) is 60.1 Å². The molecule has 0 bridgehead atoms. The number of nitrogens with one attached hydrogen (secondary N) is 1. The van der Waals surface area contributed by atoms with Gasteiger partial charge < -0.3 is 24.6 Å². The number of hydrogen-bond acceptors (Lipinski definition) is 4. The molecule has 1 aromatic carbocycles. The van der Waals surface area contributed by atoms with E-state index in [2.05, 4.69) is 10.2 Å². The van der Waals surface area contributed by atoms with E-state index >= 15 is 0 Å². The Hall–Kier alpha value is -1.70. The summed E-state index contributed by atoms with van der Waals surface area (Å²) in [5, 5.41) is 2.90. The summed E-state index contributed by atoms with van der Waals surface area (Å²) in [7, 11) is 3.65. The van der Waals surface area contributed by atoms with E-state index in [1.807, 2.05) is 7.05 Å². The van der Waals surface area contributed by atoms with Gasteiger partial charge in [-0.15, -0.1) is 0 Å². The zero-order valence-electron chi connectivity index (χ0n) is 14.3. The van der Waals surface area contributed by atoms with Crippen molar-refractivity contribution < 1.29 is 18.7 Å². The van der Waals surface area contributed by atoms with E-state index in [4.69, 9.17) is 9.47 Å². The highest BCUT2D eigenvalue weighted by molar-refractivity contribution is 5.74. The maximum Gasteiger partial charge on any atom is 0.317 e. The summed E-state index contributed by atoms with van der Waals surface area (Å²) in [4.78, 5) is 16.0. The molecule has 1 aromatic rings. The first-order valence-corrected chi connectivity index (χ1v) is 8.18. The first-order valence-electron chi connectivity index (χ1n) is 8.18. The summed E-state index contributed by atoms with van der Waals surface area (Å²) in [5.74, 6) is -0.301. The number of likely N-dealkylation sites (N-methyl/N-ethyl adjacent to an activating group) is 1. The van der Waals surface area contributed by atoms with Gasteiger partial charge in [-0.25, -0.2) is 9.18 Å². The van der Waals surface area contributed by atoms with Gasteiger partial charge in [0, 0.05) is 38.9 Å². The van der Waals surface area contributed by atoms with E-state index in [1.165, 1.54) is 6.07 Å². The number of hydrogen-bond donors (Lipinski definition) is 1. The largest absolute Gasteiger partial charge is 0.383 e. The number of carbonyl (C=O) groups is 1. The number of halogens is 1. The first-order chi connectivity index (χ1) is 11.6. The van der Waals surface area contributed by atoms with Crippen LogP contribution in [0.5, 0.6) is 0 Å². The van der Waals surface area contributed by atoms with Gasteiger partial charge in [-0.05, 0) is 13.1 Å². The van der Waals surface area contributed by atoms with Crippen LogP contribution in [0.25, 0.3) is 0 Å². The van der Waals surface area contributed by atoms with Crippen LogP contribution in [0.15, 0.2) is 24.3 Å². The number of amides is 2. The lowest BCUT2D eigenvalue weighted by Crippen LogP contribution is -2.48. The quantitative estimate of drug-likeness (QED) is 0.818. The van der Waals surface area contributed by atoms with Crippen LogP contribution >= 0.6 is 0 Å². The zero-order valence-corrected chi connectivity index (χ0v) is 14.3. The van der Waals surface area contributed by atoms with E-state index in [9.17, 15) is 9.18 Å². The third-order valence-electron chi connectivity index (χ3n) is 4.05. The molecular weight excluding hydrogens is 313 g/mol. The van der Waals surface area contributed by atoms with Gasteiger partial charge in [0.1, 0.15) is 11.9 Å². The topological polar surface area (TPSA) is 54.0 Å². The van der Waals surface area contributed by atoms with E-state index in [-0.39, 0.29) is 11.8 Å². The summed E-state index contributed by atoms with van der Waals surface area (Å²) in [6, 6.07) is 6.39.